The summed E-state index contributed by atoms with van der Waals surface area (Å²) in [7, 11) is 0. The number of likely N-dealkylation sites (tertiary alicyclic amines) is 1. The normalized spacial score (nSPS) is 17.8. The molecule has 2 aliphatic heterocycles. The van der Waals surface area contributed by atoms with E-state index < -0.39 is 5.54 Å². The average Bonchev–Trinajstić information content (AvgIpc) is 3.07. The molecule has 2 aromatic carbocycles. The molecule has 1 spiro atoms. The molecule has 5 rings (SSSR count). The molecular formula is C31H36N4O2. The van der Waals surface area contributed by atoms with Crippen LogP contribution in [0.1, 0.15) is 43.5 Å². The molecule has 2 saturated heterocycles. The number of imide groups is 1. The number of aromatic nitrogens is 1. The lowest BCUT2D eigenvalue weighted by molar-refractivity contribution is -0.136. The molecule has 37 heavy (non-hydrogen) atoms. The summed E-state index contributed by atoms with van der Waals surface area (Å²) >= 11 is 0. The van der Waals surface area contributed by atoms with Gasteiger partial charge in [0, 0.05) is 32.4 Å². The van der Waals surface area contributed by atoms with Crippen molar-refractivity contribution in [1.82, 2.24) is 19.7 Å². The lowest BCUT2D eigenvalue weighted by Crippen LogP contribution is -2.57. The minimum atomic E-state index is -0.754. The molecule has 2 aliphatic rings. The molecule has 0 aliphatic carbocycles. The van der Waals surface area contributed by atoms with Crippen molar-refractivity contribution < 1.29 is 9.59 Å². The molecular weight excluding hydrogens is 460 g/mol. The van der Waals surface area contributed by atoms with Gasteiger partial charge in [-0.25, -0.2) is 4.79 Å². The highest BCUT2D eigenvalue weighted by atomic mass is 16.2. The van der Waals surface area contributed by atoms with E-state index in [1.807, 2.05) is 23.1 Å². The quantitative estimate of drug-likeness (QED) is 0.405. The first-order chi connectivity index (χ1) is 17.9. The maximum Gasteiger partial charge on any atom is 0.328 e. The first kappa shape index (κ1) is 25.2. The second kappa shape index (κ2) is 10.5. The fourth-order valence-electron chi connectivity index (χ4n) is 5.75. The van der Waals surface area contributed by atoms with E-state index in [1.54, 1.807) is 6.20 Å². The fourth-order valence-corrected chi connectivity index (χ4v) is 5.75. The van der Waals surface area contributed by atoms with Crippen LogP contribution in [0.15, 0.2) is 72.9 Å². The van der Waals surface area contributed by atoms with Crippen molar-refractivity contribution in [1.29, 1.82) is 0 Å². The van der Waals surface area contributed by atoms with Crippen LogP contribution in [0.5, 0.6) is 0 Å². The number of benzene rings is 2. The van der Waals surface area contributed by atoms with Gasteiger partial charge in [-0.2, -0.15) is 0 Å². The zero-order valence-corrected chi connectivity index (χ0v) is 22.1. The van der Waals surface area contributed by atoms with Crippen LogP contribution >= 0.6 is 0 Å². The molecule has 6 nitrogen and oxygen atoms in total. The van der Waals surface area contributed by atoms with Crippen LogP contribution in [0.4, 0.5) is 4.79 Å². The second-order valence-corrected chi connectivity index (χ2v) is 10.8. The monoisotopic (exact) mass is 496 g/mol. The van der Waals surface area contributed by atoms with Crippen LogP contribution in [0.3, 0.4) is 0 Å². The highest BCUT2D eigenvalue weighted by Gasteiger charge is 2.57. The Kier molecular flexibility index (Phi) is 7.11. The van der Waals surface area contributed by atoms with E-state index >= 15 is 0 Å². The number of carbonyl (C=O) groups excluding carboxylic acids is 2. The van der Waals surface area contributed by atoms with Gasteiger partial charge in [0.15, 0.2) is 0 Å². The van der Waals surface area contributed by atoms with Crippen molar-refractivity contribution in [2.75, 3.05) is 19.6 Å². The Labute approximate surface area is 219 Å². The Bertz CT molecular complexity index is 1260. The van der Waals surface area contributed by atoms with Gasteiger partial charge in [0.2, 0.25) is 0 Å². The number of aryl methyl sites for hydroxylation is 1. The van der Waals surface area contributed by atoms with Crippen molar-refractivity contribution in [3.8, 4) is 11.1 Å². The number of pyridine rings is 1. The zero-order chi connectivity index (χ0) is 26.0. The zero-order valence-electron chi connectivity index (χ0n) is 22.1. The first-order valence-corrected chi connectivity index (χ1v) is 13.3. The highest BCUT2D eigenvalue weighted by molar-refractivity contribution is 6.07. The summed E-state index contributed by atoms with van der Waals surface area (Å²) in [5.74, 6) is 0.218. The van der Waals surface area contributed by atoms with Gasteiger partial charge >= 0.3 is 6.03 Å². The third-order valence-corrected chi connectivity index (χ3v) is 7.69. The molecule has 0 radical (unpaired) electrons. The molecule has 1 aromatic heterocycles. The van der Waals surface area contributed by atoms with E-state index in [0.717, 1.165) is 25.3 Å². The number of nitrogens with zero attached hydrogens (tertiary/aromatic N) is 4. The van der Waals surface area contributed by atoms with Crippen LogP contribution in [-0.4, -0.2) is 56.8 Å². The molecule has 0 N–H and O–H groups in total. The number of rotatable bonds is 7. The smallest absolute Gasteiger partial charge is 0.309 e. The summed E-state index contributed by atoms with van der Waals surface area (Å²) in [6.07, 6.45) is 3.01. The van der Waals surface area contributed by atoms with Crippen molar-refractivity contribution >= 4 is 11.9 Å². The van der Waals surface area contributed by atoms with Gasteiger partial charge in [-0.1, -0.05) is 62.4 Å². The predicted molar refractivity (Wildman–Crippen MR) is 146 cm³/mol. The summed E-state index contributed by atoms with van der Waals surface area (Å²) in [4.78, 5) is 37.3. The van der Waals surface area contributed by atoms with Gasteiger partial charge in [-0.15, -0.1) is 0 Å². The second-order valence-electron chi connectivity index (χ2n) is 10.8. The summed E-state index contributed by atoms with van der Waals surface area (Å²) in [5.41, 5.74) is 5.00. The topological polar surface area (TPSA) is 56.8 Å². The van der Waals surface area contributed by atoms with Crippen LogP contribution in [0.2, 0.25) is 0 Å². The molecule has 192 valence electrons. The Morgan fingerprint density at radius 2 is 1.68 bits per heavy atom. The third-order valence-electron chi connectivity index (χ3n) is 7.69. The number of hydrogen-bond acceptors (Lipinski definition) is 4. The minimum absolute atomic E-state index is 0.0648. The summed E-state index contributed by atoms with van der Waals surface area (Å²) in [6, 6.07) is 22.6. The molecule has 0 unspecified atom stereocenters. The van der Waals surface area contributed by atoms with Gasteiger partial charge in [-0.3, -0.25) is 19.6 Å². The van der Waals surface area contributed by atoms with Crippen molar-refractivity contribution in [2.24, 2.45) is 5.92 Å². The molecule has 3 heterocycles. The maximum atomic E-state index is 13.8. The minimum Gasteiger partial charge on any atom is -0.309 e. The van der Waals surface area contributed by atoms with E-state index in [-0.39, 0.29) is 24.4 Å². The van der Waals surface area contributed by atoms with E-state index in [1.165, 1.54) is 27.2 Å². The molecule has 3 amide bonds. The first-order valence-electron chi connectivity index (χ1n) is 13.3. The number of urea groups is 1. The fraction of sp³-hybridized carbons (Fsp3) is 0.387. The highest BCUT2D eigenvalue weighted by Crippen LogP contribution is 2.39. The Hall–Kier alpha value is -3.51. The van der Waals surface area contributed by atoms with Gasteiger partial charge in [0.25, 0.3) is 5.91 Å². The number of carbonyl (C=O) groups is 2. The average molecular weight is 497 g/mol. The summed E-state index contributed by atoms with van der Waals surface area (Å²) < 4.78 is 0. The molecule has 0 bridgehead atoms. The van der Waals surface area contributed by atoms with Gasteiger partial charge in [0.1, 0.15) is 5.54 Å². The van der Waals surface area contributed by atoms with Gasteiger partial charge in [0.05, 0.1) is 12.2 Å². The molecule has 0 atom stereocenters. The summed E-state index contributed by atoms with van der Waals surface area (Å²) in [6.45, 7) is 9.55. The molecule has 0 saturated carbocycles. The molecule has 6 heteroatoms. The number of amides is 3. The van der Waals surface area contributed by atoms with E-state index in [4.69, 9.17) is 0 Å². The van der Waals surface area contributed by atoms with Gasteiger partial charge in [-0.05, 0) is 66.1 Å². The SMILES string of the molecule is Cc1ccccc1-c1cccc(CN2CCC3(CC2)C(=O)N(Cc2ccccn2)C(=O)N3CC(C)C)c1. The van der Waals surface area contributed by atoms with Crippen LogP contribution < -0.4 is 0 Å². The van der Waals surface area contributed by atoms with Crippen molar-refractivity contribution in [3.05, 3.63) is 89.7 Å². The maximum absolute atomic E-state index is 13.8. The lowest BCUT2D eigenvalue weighted by Gasteiger charge is -2.42. The molecule has 3 aromatic rings. The van der Waals surface area contributed by atoms with Crippen LogP contribution in [-0.2, 0) is 17.9 Å². The van der Waals surface area contributed by atoms with E-state index in [0.29, 0.717) is 19.4 Å². The predicted octanol–water partition coefficient (Wildman–Crippen LogP) is 5.51. The molecule has 2 fully saturated rings. The van der Waals surface area contributed by atoms with Crippen LogP contribution in [0.25, 0.3) is 11.1 Å². The lowest BCUT2D eigenvalue weighted by atomic mass is 9.85. The number of piperidine rings is 1. The van der Waals surface area contributed by atoms with Crippen molar-refractivity contribution in [3.63, 3.8) is 0 Å². The largest absolute Gasteiger partial charge is 0.328 e. The van der Waals surface area contributed by atoms with Crippen LogP contribution in [0, 0.1) is 12.8 Å². The Balaban J connectivity index is 1.31. The van der Waals surface area contributed by atoms with E-state index in [9.17, 15) is 9.59 Å². The third kappa shape index (κ3) is 5.03. The van der Waals surface area contributed by atoms with Gasteiger partial charge < -0.3 is 4.90 Å². The summed E-state index contributed by atoms with van der Waals surface area (Å²) in [5, 5.41) is 0. The Morgan fingerprint density at radius 3 is 2.38 bits per heavy atom. The van der Waals surface area contributed by atoms with E-state index in [2.05, 4.69) is 79.2 Å². The number of hydrogen-bond donors (Lipinski definition) is 0. The Morgan fingerprint density at radius 1 is 0.919 bits per heavy atom. The van der Waals surface area contributed by atoms with Crippen molar-refractivity contribution in [2.45, 2.75) is 52.2 Å². The standard InChI is InChI=1S/C31H36N4O2/c1-23(2)20-35-30(37)34(22-27-12-6-7-16-32-27)29(36)31(35)14-17-33(18-15-31)21-25-10-8-11-26(19-25)28-13-5-4-9-24(28)3/h4-13,16,19,23H,14-15,17-18,20-22H2,1-3H3.